The van der Waals surface area contributed by atoms with Crippen LogP contribution in [0.15, 0.2) is 35.3 Å². The predicted octanol–water partition coefficient (Wildman–Crippen LogP) is 4.43. The Hall–Kier alpha value is -0.840. The topological polar surface area (TPSA) is 15.6 Å². The molecule has 2 nitrogen and oxygen atoms in total. The monoisotopic (exact) mass is 304 g/mol. The van der Waals surface area contributed by atoms with Crippen LogP contribution >= 0.6 is 23.1 Å². The third-order valence-corrected chi connectivity index (χ3v) is 5.71. The van der Waals surface area contributed by atoms with Crippen molar-refractivity contribution in [2.75, 3.05) is 25.4 Å². The van der Waals surface area contributed by atoms with Gasteiger partial charge in [0.25, 0.3) is 0 Å². The minimum absolute atomic E-state index is 0.360. The number of rotatable bonds is 1. The van der Waals surface area contributed by atoms with Crippen LogP contribution in [-0.4, -0.2) is 35.3 Å². The van der Waals surface area contributed by atoms with Gasteiger partial charge in [-0.05, 0) is 17.5 Å². The molecule has 2 atom stereocenters. The van der Waals surface area contributed by atoms with Crippen LogP contribution in [0.25, 0.3) is 10.1 Å². The summed E-state index contributed by atoms with van der Waals surface area (Å²) >= 11 is 3.84. The van der Waals surface area contributed by atoms with Crippen molar-refractivity contribution in [2.45, 2.75) is 19.9 Å². The van der Waals surface area contributed by atoms with Gasteiger partial charge < -0.3 is 0 Å². The van der Waals surface area contributed by atoms with Crippen LogP contribution in [0, 0.1) is 0 Å². The largest absolute Gasteiger partial charge is 0.294 e. The first-order valence-electron chi connectivity index (χ1n) is 7.29. The highest BCUT2D eigenvalue weighted by Crippen LogP contribution is 2.35. The molecule has 1 fully saturated rings. The number of fused-ring (bicyclic) bond motifs is 3. The maximum Gasteiger partial charge on any atom is 0.0978 e. The van der Waals surface area contributed by atoms with Crippen molar-refractivity contribution in [2.24, 2.45) is 4.99 Å². The minimum Gasteiger partial charge on any atom is -0.294 e. The van der Waals surface area contributed by atoms with Crippen molar-refractivity contribution in [1.29, 1.82) is 0 Å². The maximum atomic E-state index is 4.92. The van der Waals surface area contributed by atoms with Crippen LogP contribution in [0.3, 0.4) is 0 Å². The third kappa shape index (κ3) is 2.78. The van der Waals surface area contributed by atoms with Gasteiger partial charge in [0, 0.05) is 35.0 Å². The molecule has 2 aromatic rings. The van der Waals surface area contributed by atoms with Crippen molar-refractivity contribution >= 4 is 38.2 Å². The molecule has 1 saturated heterocycles. The zero-order chi connectivity index (χ0) is 13.9. The number of benzene rings is 1. The second-order valence-corrected chi connectivity index (χ2v) is 7.09. The highest BCUT2D eigenvalue weighted by atomic mass is 32.2. The molecule has 0 amide bonds. The van der Waals surface area contributed by atoms with E-state index in [0.717, 1.165) is 13.1 Å². The number of hydrogen-bond acceptors (Lipinski definition) is 4. The molecule has 2 bridgehead atoms. The van der Waals surface area contributed by atoms with Crippen molar-refractivity contribution in [3.63, 3.8) is 0 Å². The van der Waals surface area contributed by atoms with E-state index in [1.54, 1.807) is 0 Å². The molecular weight excluding hydrogens is 284 g/mol. The van der Waals surface area contributed by atoms with Crippen molar-refractivity contribution < 1.29 is 0 Å². The number of hydrogen-bond donors (Lipinski definition) is 0. The zero-order valence-electron chi connectivity index (χ0n) is 12.0. The smallest absolute Gasteiger partial charge is 0.0978 e. The van der Waals surface area contributed by atoms with E-state index in [9.17, 15) is 0 Å². The molecule has 0 N–H and O–H groups in total. The van der Waals surface area contributed by atoms with Gasteiger partial charge in [-0.25, -0.2) is 0 Å². The van der Waals surface area contributed by atoms with Gasteiger partial charge in [-0.15, -0.1) is 23.1 Å². The Labute approximate surface area is 128 Å². The standard InChI is InChI=1S/C14H14N2S2.C2H6/c1-2-4-12-10(3-1)7-13(18-12)11-8-16-5-6-17-14(9-16)15-11;1-2/h1-4,7,11H,5-6,8-9H2;1-2H3. The molecular formula is C16H20N2S2. The molecule has 4 rings (SSSR count). The SMILES string of the molecule is CC.c1ccc2sc(C3CN4CCSC(=N3)C4)cc2c1. The average Bonchev–Trinajstić information content (AvgIpc) is 2.93. The molecule has 2 unspecified atom stereocenters. The fourth-order valence-electron chi connectivity index (χ4n) is 2.62. The third-order valence-electron chi connectivity index (χ3n) is 3.54. The molecule has 0 spiro atoms. The number of nitrogens with zero attached hydrogens (tertiary/aromatic N) is 2. The normalized spacial score (nSPS) is 24.8. The molecule has 106 valence electrons. The molecule has 4 heteroatoms. The van der Waals surface area contributed by atoms with E-state index in [-0.39, 0.29) is 0 Å². The van der Waals surface area contributed by atoms with Crippen LogP contribution in [0.5, 0.6) is 0 Å². The van der Waals surface area contributed by atoms with Gasteiger partial charge in [0.05, 0.1) is 11.1 Å². The molecule has 0 aliphatic carbocycles. The van der Waals surface area contributed by atoms with Gasteiger partial charge in [0.15, 0.2) is 0 Å². The number of aliphatic imine (C=N–C) groups is 1. The van der Waals surface area contributed by atoms with Gasteiger partial charge in [0.2, 0.25) is 0 Å². The van der Waals surface area contributed by atoms with Crippen LogP contribution < -0.4 is 0 Å². The van der Waals surface area contributed by atoms with Crippen LogP contribution in [-0.2, 0) is 0 Å². The Morgan fingerprint density at radius 1 is 1.25 bits per heavy atom. The van der Waals surface area contributed by atoms with Crippen molar-refractivity contribution in [1.82, 2.24) is 4.90 Å². The molecule has 0 radical (unpaired) electrons. The Balaban J connectivity index is 0.000000581. The lowest BCUT2D eigenvalue weighted by molar-refractivity contribution is 0.295. The fourth-order valence-corrected chi connectivity index (χ4v) is 4.78. The second kappa shape index (κ2) is 6.29. The van der Waals surface area contributed by atoms with Gasteiger partial charge in [0.1, 0.15) is 0 Å². The molecule has 1 aromatic carbocycles. The van der Waals surface area contributed by atoms with E-state index < -0.39 is 0 Å². The molecule has 20 heavy (non-hydrogen) atoms. The zero-order valence-corrected chi connectivity index (χ0v) is 13.6. The maximum absolute atomic E-state index is 4.92. The van der Waals surface area contributed by atoms with E-state index in [1.807, 2.05) is 36.9 Å². The quantitative estimate of drug-likeness (QED) is 0.774. The second-order valence-electron chi connectivity index (χ2n) is 4.81. The summed E-state index contributed by atoms with van der Waals surface area (Å²) in [6.07, 6.45) is 0. The summed E-state index contributed by atoms with van der Waals surface area (Å²) in [7, 11) is 0. The Kier molecular flexibility index (Phi) is 4.44. The fraction of sp³-hybridized carbons (Fsp3) is 0.438. The van der Waals surface area contributed by atoms with Crippen LogP contribution in [0.2, 0.25) is 0 Å². The van der Waals surface area contributed by atoms with Gasteiger partial charge in [-0.3, -0.25) is 9.89 Å². The summed E-state index contributed by atoms with van der Waals surface area (Å²) in [6, 6.07) is 11.3. The van der Waals surface area contributed by atoms with Gasteiger partial charge in [-0.2, -0.15) is 0 Å². The van der Waals surface area contributed by atoms with Crippen LogP contribution in [0.4, 0.5) is 0 Å². The minimum atomic E-state index is 0.360. The van der Waals surface area contributed by atoms with Crippen LogP contribution in [0.1, 0.15) is 24.8 Å². The van der Waals surface area contributed by atoms with E-state index >= 15 is 0 Å². The molecule has 0 saturated carbocycles. The Morgan fingerprint density at radius 2 is 2.10 bits per heavy atom. The Morgan fingerprint density at radius 3 is 2.90 bits per heavy atom. The molecule has 2 aliphatic heterocycles. The lowest BCUT2D eigenvalue weighted by Crippen LogP contribution is -2.41. The van der Waals surface area contributed by atoms with E-state index in [4.69, 9.17) is 4.99 Å². The Bertz CT molecular complexity index is 585. The lowest BCUT2D eigenvalue weighted by atomic mass is 10.1. The highest BCUT2D eigenvalue weighted by Gasteiger charge is 2.27. The first-order valence-corrected chi connectivity index (χ1v) is 9.09. The van der Waals surface area contributed by atoms with E-state index in [1.165, 1.54) is 32.3 Å². The predicted molar refractivity (Wildman–Crippen MR) is 92.2 cm³/mol. The van der Waals surface area contributed by atoms with Crippen molar-refractivity contribution in [3.05, 3.63) is 35.2 Å². The summed E-state index contributed by atoms with van der Waals surface area (Å²) in [5.74, 6) is 1.21. The number of thioether (sulfide) groups is 1. The van der Waals surface area contributed by atoms with Crippen molar-refractivity contribution in [3.8, 4) is 0 Å². The van der Waals surface area contributed by atoms with Gasteiger partial charge >= 0.3 is 0 Å². The first-order chi connectivity index (χ1) is 9.88. The first kappa shape index (κ1) is 14.1. The summed E-state index contributed by atoms with van der Waals surface area (Å²) in [4.78, 5) is 8.87. The van der Waals surface area contributed by atoms with E-state index in [2.05, 4.69) is 35.2 Å². The number of thiophene rings is 1. The van der Waals surface area contributed by atoms with E-state index in [0.29, 0.717) is 6.04 Å². The molecule has 2 aliphatic rings. The average molecular weight is 304 g/mol. The molecule has 3 heterocycles. The van der Waals surface area contributed by atoms with Gasteiger partial charge in [-0.1, -0.05) is 32.0 Å². The summed E-state index contributed by atoms with van der Waals surface area (Å²) in [5, 5.41) is 2.69. The summed E-state index contributed by atoms with van der Waals surface area (Å²) < 4.78 is 1.38. The summed E-state index contributed by atoms with van der Waals surface area (Å²) in [6.45, 7) is 7.38. The lowest BCUT2D eigenvalue weighted by Gasteiger charge is -2.34. The highest BCUT2D eigenvalue weighted by molar-refractivity contribution is 8.14. The summed E-state index contributed by atoms with van der Waals surface area (Å²) in [5.41, 5.74) is 0. The molecule has 1 aromatic heterocycles.